The number of esters is 1. The van der Waals surface area contributed by atoms with Gasteiger partial charge in [-0.1, -0.05) is 36.0 Å². The van der Waals surface area contributed by atoms with Crippen LogP contribution in [0.1, 0.15) is 21.6 Å². The van der Waals surface area contributed by atoms with E-state index in [9.17, 15) is 4.79 Å². The van der Waals surface area contributed by atoms with Crippen LogP contribution in [0, 0.1) is 18.5 Å². The lowest BCUT2D eigenvalue weighted by atomic mass is 10.1. The molecule has 1 aromatic carbocycles. The summed E-state index contributed by atoms with van der Waals surface area (Å²) in [6.07, 6.45) is 0. The number of carbonyl (C=O) groups is 1. The number of rotatable bonds is 2. The van der Waals surface area contributed by atoms with E-state index in [2.05, 4.69) is 9.97 Å². The van der Waals surface area contributed by atoms with Crippen molar-refractivity contribution in [1.82, 2.24) is 9.97 Å². The first kappa shape index (κ1) is 14.7. The first-order valence-electron chi connectivity index (χ1n) is 5.90. The topological polar surface area (TPSA) is 55.0 Å². The summed E-state index contributed by atoms with van der Waals surface area (Å²) < 4.78 is 4.89. The second kappa shape index (κ2) is 5.73. The third-order valence-corrected chi connectivity index (χ3v) is 3.74. The van der Waals surface area contributed by atoms with Crippen molar-refractivity contribution < 1.29 is 9.53 Å². The normalized spacial score (nSPS) is 10.4. The molecule has 0 amide bonds. The van der Waals surface area contributed by atoms with Crippen molar-refractivity contribution in [1.29, 1.82) is 0 Å². The minimum absolute atomic E-state index is 0.195. The Morgan fingerprint density at radius 3 is 2.70 bits per heavy atom. The Morgan fingerprint density at radius 1 is 1.40 bits per heavy atom. The van der Waals surface area contributed by atoms with Gasteiger partial charge in [0.1, 0.15) is 16.0 Å². The molecule has 0 saturated heterocycles. The average Bonchev–Trinajstić information content (AvgIpc) is 2.40. The van der Waals surface area contributed by atoms with Crippen molar-refractivity contribution in [2.75, 3.05) is 7.11 Å². The van der Waals surface area contributed by atoms with Crippen LogP contribution < -0.4 is 0 Å². The van der Waals surface area contributed by atoms with Gasteiger partial charge < -0.3 is 9.72 Å². The third-order valence-electron chi connectivity index (χ3n) is 2.94. The fourth-order valence-corrected chi connectivity index (χ4v) is 2.43. The summed E-state index contributed by atoms with van der Waals surface area (Å²) in [6, 6.07) is 5.65. The predicted molar refractivity (Wildman–Crippen MR) is 80.7 cm³/mol. The van der Waals surface area contributed by atoms with E-state index in [0.717, 1.165) is 11.1 Å². The van der Waals surface area contributed by atoms with E-state index in [1.807, 2.05) is 25.1 Å². The maximum atomic E-state index is 11.6. The molecule has 1 N–H and O–H groups in total. The van der Waals surface area contributed by atoms with E-state index in [4.69, 9.17) is 28.6 Å². The number of hydrogen-bond acceptors (Lipinski definition) is 4. The standard InChI is InChI=1S/C14H13ClN2O2S/c1-7-5-4-6-9(11(7)15)12-16-8(2)10(13(20)17-12)14(18)19-3/h4-6H,1-3H3,(H,16,17,20). The van der Waals surface area contributed by atoms with E-state index in [0.29, 0.717) is 16.5 Å². The highest BCUT2D eigenvalue weighted by molar-refractivity contribution is 7.71. The van der Waals surface area contributed by atoms with Crippen LogP contribution in [-0.2, 0) is 4.74 Å². The molecule has 0 unspecified atom stereocenters. The van der Waals surface area contributed by atoms with E-state index >= 15 is 0 Å². The molecule has 1 aromatic heterocycles. The van der Waals surface area contributed by atoms with Crippen molar-refractivity contribution in [2.24, 2.45) is 0 Å². The molecular weight excluding hydrogens is 296 g/mol. The van der Waals surface area contributed by atoms with Crippen molar-refractivity contribution >= 4 is 29.8 Å². The molecule has 0 atom stereocenters. The predicted octanol–water partition coefficient (Wildman–Crippen LogP) is 3.86. The van der Waals surface area contributed by atoms with E-state index in [-0.39, 0.29) is 10.2 Å². The average molecular weight is 309 g/mol. The lowest BCUT2D eigenvalue weighted by molar-refractivity contribution is 0.0598. The Balaban J connectivity index is 2.64. The molecule has 0 spiro atoms. The van der Waals surface area contributed by atoms with E-state index < -0.39 is 5.97 Å². The van der Waals surface area contributed by atoms with Gasteiger partial charge in [0.25, 0.3) is 0 Å². The summed E-state index contributed by atoms with van der Waals surface area (Å²) in [6.45, 7) is 3.66. The second-order valence-corrected chi connectivity index (χ2v) is 5.08. The number of H-pyrrole nitrogens is 1. The van der Waals surface area contributed by atoms with Crippen LogP contribution in [0.15, 0.2) is 18.2 Å². The van der Waals surface area contributed by atoms with Crippen LogP contribution in [0.4, 0.5) is 0 Å². The minimum atomic E-state index is -0.502. The number of aromatic amines is 1. The smallest absolute Gasteiger partial charge is 0.342 e. The molecule has 104 valence electrons. The van der Waals surface area contributed by atoms with Gasteiger partial charge in [-0.05, 0) is 25.5 Å². The van der Waals surface area contributed by atoms with Crippen LogP contribution >= 0.6 is 23.8 Å². The molecule has 0 fully saturated rings. The number of ether oxygens (including phenoxy) is 1. The quantitative estimate of drug-likeness (QED) is 0.676. The van der Waals surface area contributed by atoms with Crippen molar-refractivity contribution in [3.05, 3.63) is 44.7 Å². The Hall–Kier alpha value is -1.72. The zero-order valence-electron chi connectivity index (χ0n) is 11.3. The fourth-order valence-electron chi connectivity index (χ4n) is 1.89. The lowest BCUT2D eigenvalue weighted by Gasteiger charge is -2.10. The number of aryl methyl sites for hydroxylation is 2. The first-order chi connectivity index (χ1) is 9.45. The van der Waals surface area contributed by atoms with Gasteiger partial charge in [0.05, 0.1) is 12.1 Å². The van der Waals surface area contributed by atoms with Crippen LogP contribution in [0.2, 0.25) is 5.02 Å². The number of aromatic nitrogens is 2. The number of hydrogen-bond donors (Lipinski definition) is 1. The number of carbonyl (C=O) groups excluding carboxylic acids is 1. The van der Waals surface area contributed by atoms with Gasteiger partial charge in [-0.2, -0.15) is 0 Å². The molecule has 0 aliphatic heterocycles. The van der Waals surface area contributed by atoms with Crippen molar-refractivity contribution in [2.45, 2.75) is 13.8 Å². The largest absolute Gasteiger partial charge is 0.465 e. The second-order valence-electron chi connectivity index (χ2n) is 4.32. The summed E-state index contributed by atoms with van der Waals surface area (Å²) in [7, 11) is 1.31. The number of benzene rings is 1. The molecule has 1 heterocycles. The van der Waals surface area contributed by atoms with Crippen LogP contribution in [0.25, 0.3) is 11.4 Å². The van der Waals surface area contributed by atoms with Gasteiger partial charge >= 0.3 is 5.97 Å². The highest BCUT2D eigenvalue weighted by Gasteiger charge is 2.16. The number of methoxy groups -OCH3 is 1. The summed E-state index contributed by atoms with van der Waals surface area (Å²) in [5.74, 6) is 0.0343. The van der Waals surface area contributed by atoms with Gasteiger partial charge in [0, 0.05) is 11.3 Å². The van der Waals surface area contributed by atoms with E-state index in [1.165, 1.54) is 7.11 Å². The minimum Gasteiger partial charge on any atom is -0.465 e. The molecule has 0 radical (unpaired) electrons. The maximum absolute atomic E-state index is 11.6. The summed E-state index contributed by atoms with van der Waals surface area (Å²) >= 11 is 11.4. The summed E-state index contributed by atoms with van der Waals surface area (Å²) in [5.41, 5.74) is 2.57. The Bertz CT molecular complexity index is 740. The SMILES string of the molecule is COC(=O)c1c(C)[nH]c(-c2cccc(C)c2Cl)nc1=S. The fraction of sp³-hybridized carbons (Fsp3) is 0.214. The first-order valence-corrected chi connectivity index (χ1v) is 6.69. The Morgan fingerprint density at radius 2 is 2.10 bits per heavy atom. The molecule has 2 rings (SSSR count). The zero-order valence-corrected chi connectivity index (χ0v) is 12.9. The Kier molecular flexibility index (Phi) is 4.20. The zero-order chi connectivity index (χ0) is 14.9. The molecule has 0 bridgehead atoms. The molecule has 0 saturated carbocycles. The van der Waals surface area contributed by atoms with Gasteiger partial charge in [-0.25, -0.2) is 9.78 Å². The highest BCUT2D eigenvalue weighted by atomic mass is 35.5. The molecule has 0 aliphatic rings. The third kappa shape index (κ3) is 2.59. The number of nitrogens with zero attached hydrogens (tertiary/aromatic N) is 1. The molecule has 20 heavy (non-hydrogen) atoms. The van der Waals surface area contributed by atoms with Crippen LogP contribution in [0.3, 0.4) is 0 Å². The Labute approximate surface area is 126 Å². The van der Waals surface area contributed by atoms with Crippen molar-refractivity contribution in [3.8, 4) is 11.4 Å². The number of nitrogens with one attached hydrogen (secondary N) is 1. The summed E-state index contributed by atoms with van der Waals surface area (Å²) in [4.78, 5) is 19.0. The van der Waals surface area contributed by atoms with Gasteiger partial charge in [0.2, 0.25) is 0 Å². The molecular formula is C14H13ClN2O2S. The van der Waals surface area contributed by atoms with Gasteiger partial charge in [-0.15, -0.1) is 0 Å². The lowest BCUT2D eigenvalue weighted by Crippen LogP contribution is -2.09. The molecule has 0 aliphatic carbocycles. The van der Waals surface area contributed by atoms with Gasteiger partial charge in [0.15, 0.2) is 0 Å². The monoisotopic (exact) mass is 308 g/mol. The maximum Gasteiger partial charge on any atom is 0.342 e. The highest BCUT2D eigenvalue weighted by Crippen LogP contribution is 2.28. The van der Waals surface area contributed by atoms with E-state index in [1.54, 1.807) is 6.92 Å². The molecule has 4 nitrogen and oxygen atoms in total. The van der Waals surface area contributed by atoms with Crippen LogP contribution in [0.5, 0.6) is 0 Å². The summed E-state index contributed by atoms with van der Waals surface area (Å²) in [5, 5.41) is 0.607. The van der Waals surface area contributed by atoms with Crippen LogP contribution in [-0.4, -0.2) is 23.0 Å². The number of halogens is 1. The molecule has 6 heteroatoms. The van der Waals surface area contributed by atoms with Crippen molar-refractivity contribution in [3.63, 3.8) is 0 Å². The van der Waals surface area contributed by atoms with Gasteiger partial charge in [-0.3, -0.25) is 0 Å². The molecule has 2 aromatic rings.